The van der Waals surface area contributed by atoms with E-state index < -0.39 is 0 Å². The fourth-order valence-electron chi connectivity index (χ4n) is 4.26. The van der Waals surface area contributed by atoms with E-state index in [1.54, 1.807) is 0 Å². The van der Waals surface area contributed by atoms with Crippen molar-refractivity contribution in [1.29, 1.82) is 0 Å². The summed E-state index contributed by atoms with van der Waals surface area (Å²) in [5, 5.41) is 2.51. The summed E-state index contributed by atoms with van der Waals surface area (Å²) in [6.45, 7) is 0. The summed E-state index contributed by atoms with van der Waals surface area (Å²) in [5.41, 5.74) is 6.73. The second-order valence-electron chi connectivity index (χ2n) is 7.74. The zero-order valence-electron chi connectivity index (χ0n) is 16.9. The molecule has 0 radical (unpaired) electrons. The molecule has 6 rings (SSSR count). The van der Waals surface area contributed by atoms with Crippen molar-refractivity contribution in [1.82, 2.24) is 9.55 Å². The third kappa shape index (κ3) is 3.10. The number of fused-ring (bicyclic) bond motifs is 2. The number of hydrogen-bond donors (Lipinski definition) is 0. The zero-order valence-corrected chi connectivity index (χ0v) is 16.9. The van der Waals surface area contributed by atoms with Crippen molar-refractivity contribution in [3.63, 3.8) is 0 Å². The quantitative estimate of drug-likeness (QED) is 0.303. The van der Waals surface area contributed by atoms with Gasteiger partial charge in [-0.25, -0.2) is 4.98 Å². The molecule has 146 valence electrons. The summed E-state index contributed by atoms with van der Waals surface area (Å²) in [6.07, 6.45) is 0. The van der Waals surface area contributed by atoms with Crippen LogP contribution in [0.4, 0.5) is 0 Å². The third-order valence-electron chi connectivity index (χ3n) is 5.78. The Kier molecular flexibility index (Phi) is 4.14. The molecule has 2 nitrogen and oxygen atoms in total. The van der Waals surface area contributed by atoms with Gasteiger partial charge in [0.05, 0.1) is 11.0 Å². The average Bonchev–Trinajstić information content (AvgIpc) is 3.24. The Labute approximate surface area is 181 Å². The highest BCUT2D eigenvalue weighted by Gasteiger charge is 2.14. The number of para-hydroxylation sites is 3. The lowest BCUT2D eigenvalue weighted by molar-refractivity contribution is 1.10. The van der Waals surface area contributed by atoms with Gasteiger partial charge in [0.2, 0.25) is 0 Å². The van der Waals surface area contributed by atoms with Gasteiger partial charge in [-0.2, -0.15) is 0 Å². The minimum Gasteiger partial charge on any atom is -0.292 e. The largest absolute Gasteiger partial charge is 0.292 e. The third-order valence-corrected chi connectivity index (χ3v) is 5.78. The van der Waals surface area contributed by atoms with E-state index in [9.17, 15) is 0 Å². The van der Waals surface area contributed by atoms with Crippen LogP contribution in [0.1, 0.15) is 0 Å². The Morgan fingerprint density at radius 1 is 0.484 bits per heavy atom. The smallest absolute Gasteiger partial charge is 0.145 e. The van der Waals surface area contributed by atoms with Crippen molar-refractivity contribution in [2.45, 2.75) is 0 Å². The number of aromatic nitrogens is 2. The first-order valence-corrected chi connectivity index (χ1v) is 10.5. The van der Waals surface area contributed by atoms with E-state index in [-0.39, 0.29) is 0 Å². The van der Waals surface area contributed by atoms with Crippen molar-refractivity contribution in [3.8, 4) is 28.2 Å². The van der Waals surface area contributed by atoms with Crippen LogP contribution in [-0.2, 0) is 0 Å². The Balaban J connectivity index is 1.54. The van der Waals surface area contributed by atoms with Gasteiger partial charge in [-0.05, 0) is 58.3 Å². The lowest BCUT2D eigenvalue weighted by Crippen LogP contribution is -1.97. The molecule has 2 heteroatoms. The van der Waals surface area contributed by atoms with E-state index in [0.717, 1.165) is 28.1 Å². The van der Waals surface area contributed by atoms with Crippen LogP contribution in [0.2, 0.25) is 0 Å². The van der Waals surface area contributed by atoms with Gasteiger partial charge in [0, 0.05) is 11.3 Å². The highest BCUT2D eigenvalue weighted by Crippen LogP contribution is 2.32. The van der Waals surface area contributed by atoms with E-state index in [0.29, 0.717) is 0 Å². The molecular weight excluding hydrogens is 376 g/mol. The molecule has 31 heavy (non-hydrogen) atoms. The fourth-order valence-corrected chi connectivity index (χ4v) is 4.26. The van der Waals surface area contributed by atoms with Crippen LogP contribution in [0.3, 0.4) is 0 Å². The number of imidazole rings is 1. The van der Waals surface area contributed by atoms with Gasteiger partial charge in [-0.3, -0.25) is 4.57 Å². The Morgan fingerprint density at radius 2 is 1.19 bits per heavy atom. The molecule has 0 N–H and O–H groups in total. The molecule has 1 aromatic heterocycles. The summed E-state index contributed by atoms with van der Waals surface area (Å²) in [6, 6.07) is 42.6. The SMILES string of the molecule is c1ccc(-n2c(-c3cccc(-c4ccc5ccccc5c4)c3)nc3ccccc32)cc1. The maximum atomic E-state index is 5.01. The average molecular weight is 396 g/mol. The van der Waals surface area contributed by atoms with Gasteiger partial charge < -0.3 is 0 Å². The number of benzene rings is 5. The second kappa shape index (κ2) is 7.26. The molecule has 6 aromatic rings. The van der Waals surface area contributed by atoms with Gasteiger partial charge >= 0.3 is 0 Å². The molecule has 0 saturated carbocycles. The van der Waals surface area contributed by atoms with Gasteiger partial charge in [0.25, 0.3) is 0 Å². The van der Waals surface area contributed by atoms with Gasteiger partial charge in [-0.15, -0.1) is 0 Å². The van der Waals surface area contributed by atoms with Crippen molar-refractivity contribution < 1.29 is 0 Å². The maximum absolute atomic E-state index is 5.01. The highest BCUT2D eigenvalue weighted by atomic mass is 15.1. The standard InChI is InChI=1S/C29H20N2/c1-2-13-26(14-3-1)31-28-16-7-6-15-27(28)30-29(31)25-12-8-11-23(20-25)24-18-17-21-9-4-5-10-22(21)19-24/h1-20H. The highest BCUT2D eigenvalue weighted by molar-refractivity contribution is 5.88. The molecule has 0 saturated heterocycles. The van der Waals surface area contributed by atoms with Crippen molar-refractivity contribution in [2.24, 2.45) is 0 Å². The normalized spacial score (nSPS) is 11.2. The monoisotopic (exact) mass is 396 g/mol. The number of hydrogen-bond acceptors (Lipinski definition) is 1. The van der Waals surface area contributed by atoms with Crippen molar-refractivity contribution in [3.05, 3.63) is 121 Å². The lowest BCUT2D eigenvalue weighted by atomic mass is 9.99. The number of nitrogens with zero attached hydrogens (tertiary/aromatic N) is 2. The predicted octanol–water partition coefficient (Wildman–Crippen LogP) is 7.51. The zero-order chi connectivity index (χ0) is 20.6. The van der Waals surface area contributed by atoms with E-state index in [1.807, 2.05) is 12.1 Å². The minimum atomic E-state index is 0.954. The van der Waals surface area contributed by atoms with Gasteiger partial charge in [0.1, 0.15) is 5.82 Å². The summed E-state index contributed by atoms with van der Waals surface area (Å²) in [5.74, 6) is 0.954. The molecule has 0 aliphatic heterocycles. The minimum absolute atomic E-state index is 0.954. The second-order valence-corrected chi connectivity index (χ2v) is 7.74. The molecule has 0 atom stereocenters. The molecule has 0 aliphatic rings. The molecule has 0 bridgehead atoms. The summed E-state index contributed by atoms with van der Waals surface area (Å²) in [7, 11) is 0. The van der Waals surface area contributed by atoms with Crippen molar-refractivity contribution in [2.75, 3.05) is 0 Å². The van der Waals surface area contributed by atoms with Gasteiger partial charge in [-0.1, -0.05) is 84.9 Å². The molecule has 0 unspecified atom stereocenters. The first-order chi connectivity index (χ1) is 15.4. The first kappa shape index (κ1) is 17.7. The summed E-state index contributed by atoms with van der Waals surface area (Å²) in [4.78, 5) is 5.01. The molecule has 0 amide bonds. The Hall–Kier alpha value is -4.17. The topological polar surface area (TPSA) is 17.8 Å². The molecular formula is C29H20N2. The van der Waals surface area contributed by atoms with Crippen LogP contribution >= 0.6 is 0 Å². The van der Waals surface area contributed by atoms with Crippen LogP contribution in [0, 0.1) is 0 Å². The Bertz CT molecular complexity index is 1530. The van der Waals surface area contributed by atoms with Crippen LogP contribution < -0.4 is 0 Å². The van der Waals surface area contributed by atoms with Crippen LogP contribution in [0.5, 0.6) is 0 Å². The first-order valence-electron chi connectivity index (χ1n) is 10.5. The van der Waals surface area contributed by atoms with E-state index >= 15 is 0 Å². The summed E-state index contributed by atoms with van der Waals surface area (Å²) < 4.78 is 2.24. The van der Waals surface area contributed by atoms with E-state index in [4.69, 9.17) is 4.98 Å². The predicted molar refractivity (Wildman–Crippen MR) is 129 cm³/mol. The molecule has 0 fully saturated rings. The maximum Gasteiger partial charge on any atom is 0.145 e. The van der Waals surface area contributed by atoms with Crippen molar-refractivity contribution >= 4 is 21.8 Å². The fraction of sp³-hybridized carbons (Fsp3) is 0. The van der Waals surface area contributed by atoms with E-state index in [2.05, 4.69) is 114 Å². The molecule has 5 aromatic carbocycles. The van der Waals surface area contributed by atoms with Crippen LogP contribution in [0.25, 0.3) is 50.0 Å². The molecule has 0 aliphatic carbocycles. The van der Waals surface area contributed by atoms with Gasteiger partial charge in [0.15, 0.2) is 0 Å². The van der Waals surface area contributed by atoms with Crippen LogP contribution in [-0.4, -0.2) is 9.55 Å². The number of rotatable bonds is 3. The van der Waals surface area contributed by atoms with E-state index in [1.165, 1.54) is 21.9 Å². The summed E-state index contributed by atoms with van der Waals surface area (Å²) >= 11 is 0. The Morgan fingerprint density at radius 3 is 2.10 bits per heavy atom. The van der Waals surface area contributed by atoms with Crippen LogP contribution in [0.15, 0.2) is 121 Å². The lowest BCUT2D eigenvalue weighted by Gasteiger charge is -2.11. The molecule has 1 heterocycles. The molecule has 0 spiro atoms.